The van der Waals surface area contributed by atoms with Crippen molar-refractivity contribution in [1.82, 2.24) is 15.6 Å². The highest BCUT2D eigenvalue weighted by molar-refractivity contribution is 7.84. The van der Waals surface area contributed by atoms with E-state index < -0.39 is 10.8 Å². The molecule has 0 bridgehead atoms. The van der Waals surface area contributed by atoms with Crippen molar-refractivity contribution in [3.8, 4) is 0 Å². The smallest absolute Gasteiger partial charge is 0.315 e. The van der Waals surface area contributed by atoms with Gasteiger partial charge < -0.3 is 10.6 Å². The number of rotatable bonds is 5. The Hall–Kier alpha value is -0.950. The van der Waals surface area contributed by atoms with Crippen molar-refractivity contribution in [3.05, 3.63) is 16.1 Å². The molecule has 1 rings (SSSR count). The summed E-state index contributed by atoms with van der Waals surface area (Å²) < 4.78 is 11.0. The average Bonchev–Trinajstić information content (AvgIpc) is 2.73. The first-order valence-electron chi connectivity index (χ1n) is 6.47. The number of nitrogens with zero attached hydrogens (tertiary/aromatic N) is 1. The van der Waals surface area contributed by atoms with Gasteiger partial charge in [-0.25, -0.2) is 9.78 Å². The molecule has 7 heteroatoms. The largest absolute Gasteiger partial charge is 0.335 e. The molecule has 0 saturated carbocycles. The van der Waals surface area contributed by atoms with Crippen LogP contribution in [0.1, 0.15) is 38.4 Å². The summed E-state index contributed by atoms with van der Waals surface area (Å²) in [5, 5.41) is 8.54. The van der Waals surface area contributed by atoms with Crippen LogP contribution in [-0.2, 0) is 22.8 Å². The lowest BCUT2D eigenvalue weighted by Crippen LogP contribution is -2.42. The Balaban J connectivity index is 2.41. The maximum Gasteiger partial charge on any atom is 0.315 e. The van der Waals surface area contributed by atoms with Gasteiger partial charge in [-0.3, -0.25) is 4.21 Å². The second-order valence-electron chi connectivity index (χ2n) is 5.86. The minimum Gasteiger partial charge on any atom is -0.335 e. The van der Waals surface area contributed by atoms with Crippen molar-refractivity contribution in [2.75, 3.05) is 12.0 Å². The third-order valence-corrected chi connectivity index (χ3v) is 4.77. The fraction of sp³-hybridized carbons (Fsp3) is 0.692. The van der Waals surface area contributed by atoms with E-state index in [1.807, 2.05) is 12.3 Å². The molecular formula is C13H23N3O2S2. The first-order chi connectivity index (χ1) is 9.18. The summed E-state index contributed by atoms with van der Waals surface area (Å²) in [6.07, 6.45) is 1.62. The van der Waals surface area contributed by atoms with Gasteiger partial charge >= 0.3 is 6.03 Å². The minimum absolute atomic E-state index is 0.0326. The van der Waals surface area contributed by atoms with Crippen LogP contribution in [0.5, 0.6) is 0 Å². The first kappa shape index (κ1) is 17.1. The van der Waals surface area contributed by atoms with Gasteiger partial charge in [-0.15, -0.1) is 11.3 Å². The number of aromatic nitrogens is 1. The lowest BCUT2D eigenvalue weighted by Gasteiger charge is -2.14. The van der Waals surface area contributed by atoms with E-state index in [2.05, 4.69) is 36.4 Å². The second kappa shape index (κ2) is 7.17. The minimum atomic E-state index is -0.912. The molecule has 2 atom stereocenters. The van der Waals surface area contributed by atoms with Crippen LogP contribution in [0.2, 0.25) is 0 Å². The monoisotopic (exact) mass is 317 g/mol. The molecule has 0 aliphatic heterocycles. The predicted molar refractivity (Wildman–Crippen MR) is 84.6 cm³/mol. The van der Waals surface area contributed by atoms with E-state index in [1.54, 1.807) is 17.6 Å². The van der Waals surface area contributed by atoms with Crippen molar-refractivity contribution in [2.45, 2.75) is 45.7 Å². The third-order valence-electron chi connectivity index (χ3n) is 2.49. The molecule has 114 valence electrons. The highest BCUT2D eigenvalue weighted by Crippen LogP contribution is 2.25. The van der Waals surface area contributed by atoms with E-state index in [9.17, 15) is 9.00 Å². The summed E-state index contributed by atoms with van der Waals surface area (Å²) in [5.41, 5.74) is 0.895. The molecule has 0 fully saturated rings. The number of amides is 2. The van der Waals surface area contributed by atoms with Crippen molar-refractivity contribution < 1.29 is 9.00 Å². The molecule has 0 aliphatic rings. The van der Waals surface area contributed by atoms with Crippen LogP contribution in [0, 0.1) is 0 Å². The number of hydrogen-bond donors (Lipinski definition) is 2. The SMILES string of the molecule is C[C@@H](C[S@@](C)=O)NC(=O)NCc1csc(C(C)(C)C)n1. The lowest BCUT2D eigenvalue weighted by atomic mass is 9.98. The number of carbonyl (C=O) groups is 1. The van der Waals surface area contributed by atoms with Crippen LogP contribution in [-0.4, -0.2) is 33.3 Å². The van der Waals surface area contributed by atoms with Crippen molar-refractivity contribution >= 4 is 28.2 Å². The molecule has 0 aromatic carbocycles. The number of nitrogens with one attached hydrogen (secondary N) is 2. The van der Waals surface area contributed by atoms with Gasteiger partial charge in [0.2, 0.25) is 0 Å². The summed E-state index contributed by atoms with van der Waals surface area (Å²) in [7, 11) is -0.912. The molecule has 20 heavy (non-hydrogen) atoms. The van der Waals surface area contributed by atoms with Gasteiger partial charge in [0, 0.05) is 39.6 Å². The molecule has 5 nitrogen and oxygen atoms in total. The molecule has 1 heterocycles. The van der Waals surface area contributed by atoms with E-state index in [0.29, 0.717) is 12.3 Å². The number of thiazole rings is 1. The van der Waals surface area contributed by atoms with Gasteiger partial charge in [0.25, 0.3) is 0 Å². The van der Waals surface area contributed by atoms with Gasteiger partial charge in [-0.1, -0.05) is 20.8 Å². The summed E-state index contributed by atoms with van der Waals surface area (Å²) in [6, 6.07) is -0.366. The summed E-state index contributed by atoms with van der Waals surface area (Å²) in [5.74, 6) is 0.457. The fourth-order valence-corrected chi connectivity index (χ4v) is 3.27. The molecular weight excluding hydrogens is 294 g/mol. The highest BCUT2D eigenvalue weighted by Gasteiger charge is 2.18. The molecule has 2 amide bonds. The first-order valence-corrected chi connectivity index (χ1v) is 9.08. The van der Waals surface area contributed by atoms with E-state index >= 15 is 0 Å². The van der Waals surface area contributed by atoms with Crippen LogP contribution in [0.3, 0.4) is 0 Å². The molecule has 0 saturated heterocycles. The Morgan fingerprint density at radius 1 is 1.50 bits per heavy atom. The Morgan fingerprint density at radius 3 is 2.65 bits per heavy atom. The van der Waals surface area contributed by atoms with Crippen LogP contribution in [0.4, 0.5) is 4.79 Å². The molecule has 0 spiro atoms. The Bertz CT molecular complexity index is 480. The Kier molecular flexibility index (Phi) is 6.13. The lowest BCUT2D eigenvalue weighted by molar-refractivity contribution is 0.238. The Labute approximate surface area is 127 Å². The summed E-state index contributed by atoms with van der Waals surface area (Å²) in [4.78, 5) is 16.2. The molecule has 0 aliphatic carbocycles. The van der Waals surface area contributed by atoms with Gasteiger partial charge in [-0.2, -0.15) is 0 Å². The van der Waals surface area contributed by atoms with Crippen molar-refractivity contribution in [1.29, 1.82) is 0 Å². The zero-order valence-corrected chi connectivity index (χ0v) is 14.3. The highest BCUT2D eigenvalue weighted by atomic mass is 32.2. The average molecular weight is 317 g/mol. The topological polar surface area (TPSA) is 71.1 Å². The normalized spacial score (nSPS) is 14.7. The fourth-order valence-electron chi connectivity index (χ4n) is 1.57. The van der Waals surface area contributed by atoms with Crippen molar-refractivity contribution in [2.24, 2.45) is 0 Å². The summed E-state index contributed by atoms with van der Waals surface area (Å²) >= 11 is 1.61. The molecule has 0 unspecified atom stereocenters. The van der Waals surface area contributed by atoms with E-state index in [4.69, 9.17) is 0 Å². The van der Waals surface area contributed by atoms with Gasteiger partial charge in [0.05, 0.1) is 17.2 Å². The van der Waals surface area contributed by atoms with Gasteiger partial charge in [0.1, 0.15) is 0 Å². The molecule has 1 aromatic rings. The van der Waals surface area contributed by atoms with Crippen LogP contribution in [0.15, 0.2) is 5.38 Å². The second-order valence-corrected chi connectivity index (χ2v) is 8.20. The van der Waals surface area contributed by atoms with Crippen LogP contribution >= 0.6 is 11.3 Å². The standard InChI is InChI=1S/C13H23N3O2S2/c1-9(8-20(5)18)15-12(17)14-6-10-7-19-11(16-10)13(2,3)4/h7,9H,6,8H2,1-5H3,(H2,14,15,17)/t9-,20+/m0/s1. The van der Waals surface area contributed by atoms with Crippen molar-refractivity contribution in [3.63, 3.8) is 0 Å². The zero-order chi connectivity index (χ0) is 15.3. The van der Waals surface area contributed by atoms with E-state index in [-0.39, 0.29) is 17.5 Å². The molecule has 0 radical (unpaired) electrons. The molecule has 2 N–H and O–H groups in total. The maximum atomic E-state index is 11.7. The van der Waals surface area contributed by atoms with Crippen LogP contribution in [0.25, 0.3) is 0 Å². The zero-order valence-electron chi connectivity index (χ0n) is 12.6. The predicted octanol–water partition coefficient (Wildman–Crippen LogP) is 2.01. The third kappa shape index (κ3) is 6.00. The number of carbonyl (C=O) groups excluding carboxylic acids is 1. The van der Waals surface area contributed by atoms with Gasteiger partial charge in [-0.05, 0) is 6.92 Å². The van der Waals surface area contributed by atoms with Crippen LogP contribution < -0.4 is 10.6 Å². The van der Waals surface area contributed by atoms with E-state index in [0.717, 1.165) is 10.7 Å². The maximum absolute atomic E-state index is 11.7. The quantitative estimate of drug-likeness (QED) is 0.872. The number of hydrogen-bond acceptors (Lipinski definition) is 4. The van der Waals surface area contributed by atoms with E-state index in [1.165, 1.54) is 0 Å². The van der Waals surface area contributed by atoms with Gasteiger partial charge in [0.15, 0.2) is 0 Å². The number of urea groups is 1. The Morgan fingerprint density at radius 2 is 2.15 bits per heavy atom. The summed E-state index contributed by atoms with van der Waals surface area (Å²) in [6.45, 7) is 8.58. The molecule has 1 aromatic heterocycles.